The maximum atomic E-state index is 12.9. The predicted molar refractivity (Wildman–Crippen MR) is 86.9 cm³/mol. The molecule has 0 radical (unpaired) electrons. The molecule has 0 aromatic heterocycles. The first kappa shape index (κ1) is 16.3. The van der Waals surface area contributed by atoms with Crippen LogP contribution in [0, 0.1) is 11.8 Å². The van der Waals surface area contributed by atoms with Gasteiger partial charge in [-0.25, -0.2) is 8.42 Å². The molecule has 0 spiro atoms. The molecule has 21 heavy (non-hydrogen) atoms. The number of nitrogens with one attached hydrogen (secondary N) is 1. The monoisotopic (exact) mass is 310 g/mol. The molecule has 1 saturated heterocycles. The summed E-state index contributed by atoms with van der Waals surface area (Å²) in [5, 5.41) is 3.22. The van der Waals surface area contributed by atoms with Crippen LogP contribution in [0.5, 0.6) is 0 Å². The predicted octanol–water partition coefficient (Wildman–Crippen LogP) is 3.18. The minimum atomic E-state index is -3.42. The quantitative estimate of drug-likeness (QED) is 0.909. The van der Waals surface area contributed by atoms with Crippen molar-refractivity contribution >= 4 is 15.7 Å². The molecular weight excluding hydrogens is 284 g/mol. The van der Waals surface area contributed by atoms with Crippen molar-refractivity contribution < 1.29 is 8.42 Å². The number of hydrogen-bond acceptors (Lipinski definition) is 3. The second-order valence-electron chi connectivity index (χ2n) is 6.19. The highest BCUT2D eigenvalue weighted by atomic mass is 32.2. The molecule has 0 saturated carbocycles. The summed E-state index contributed by atoms with van der Waals surface area (Å²) < 4.78 is 27.5. The van der Waals surface area contributed by atoms with Gasteiger partial charge in [0.25, 0.3) is 0 Å². The third-order valence-corrected chi connectivity index (χ3v) is 5.80. The highest BCUT2D eigenvalue weighted by Gasteiger charge is 2.32. The van der Waals surface area contributed by atoms with Gasteiger partial charge in [0.15, 0.2) is 0 Å². The maximum absolute atomic E-state index is 12.9. The molecule has 2 rings (SSSR count). The number of anilines is 1. The van der Waals surface area contributed by atoms with E-state index >= 15 is 0 Å². The van der Waals surface area contributed by atoms with Crippen molar-refractivity contribution in [3.8, 4) is 0 Å². The lowest BCUT2D eigenvalue weighted by molar-refractivity contribution is 0.222. The molecule has 2 atom stereocenters. The van der Waals surface area contributed by atoms with E-state index in [1.807, 2.05) is 12.1 Å². The minimum Gasteiger partial charge on any atom is -0.384 e. The molecule has 1 aliphatic heterocycles. The fraction of sp³-hybridized carbons (Fsp3) is 0.625. The third-order valence-electron chi connectivity index (χ3n) is 3.91. The summed E-state index contributed by atoms with van der Waals surface area (Å²) in [5.74, 6) is 0.832. The summed E-state index contributed by atoms with van der Waals surface area (Å²) in [6.45, 7) is 8.33. The van der Waals surface area contributed by atoms with Crippen molar-refractivity contribution in [2.24, 2.45) is 11.8 Å². The Morgan fingerprint density at radius 1 is 1.19 bits per heavy atom. The Balaban J connectivity index is 2.31. The first-order valence-corrected chi connectivity index (χ1v) is 9.22. The summed E-state index contributed by atoms with van der Waals surface area (Å²) in [4.78, 5) is 0.403. The molecule has 1 aromatic rings. The molecule has 118 valence electrons. The minimum absolute atomic E-state index is 0.403. The Labute approximate surface area is 128 Å². The van der Waals surface area contributed by atoms with E-state index in [0.717, 1.165) is 19.4 Å². The fourth-order valence-corrected chi connectivity index (χ4v) is 4.89. The summed E-state index contributed by atoms with van der Waals surface area (Å²) in [5.41, 5.74) is 0.713. The van der Waals surface area contributed by atoms with Gasteiger partial charge < -0.3 is 5.32 Å². The molecule has 0 aliphatic carbocycles. The van der Waals surface area contributed by atoms with Gasteiger partial charge in [0.2, 0.25) is 10.0 Å². The van der Waals surface area contributed by atoms with Gasteiger partial charge in [-0.2, -0.15) is 4.31 Å². The second-order valence-corrected chi connectivity index (χ2v) is 8.10. The van der Waals surface area contributed by atoms with Gasteiger partial charge in [-0.3, -0.25) is 0 Å². The van der Waals surface area contributed by atoms with Gasteiger partial charge in [0.1, 0.15) is 4.90 Å². The first-order valence-electron chi connectivity index (χ1n) is 7.78. The van der Waals surface area contributed by atoms with Gasteiger partial charge >= 0.3 is 0 Å². The Bertz CT molecular complexity index is 561. The van der Waals surface area contributed by atoms with E-state index in [2.05, 4.69) is 26.1 Å². The zero-order valence-corrected chi connectivity index (χ0v) is 14.0. The van der Waals surface area contributed by atoms with Crippen LogP contribution in [0.15, 0.2) is 29.2 Å². The van der Waals surface area contributed by atoms with E-state index in [-0.39, 0.29) is 0 Å². The molecule has 1 aliphatic rings. The van der Waals surface area contributed by atoms with Crippen molar-refractivity contribution in [2.75, 3.05) is 25.0 Å². The van der Waals surface area contributed by atoms with Gasteiger partial charge in [0.05, 0.1) is 5.69 Å². The smallest absolute Gasteiger partial charge is 0.245 e. The van der Waals surface area contributed by atoms with Crippen molar-refractivity contribution in [2.45, 2.75) is 38.5 Å². The highest BCUT2D eigenvalue weighted by Crippen LogP contribution is 2.30. The number of rotatable bonds is 5. The molecule has 0 amide bonds. The van der Waals surface area contributed by atoms with E-state index in [1.54, 1.807) is 16.4 Å². The molecule has 0 bridgehead atoms. The van der Waals surface area contributed by atoms with E-state index in [0.29, 0.717) is 35.5 Å². The summed E-state index contributed by atoms with van der Waals surface area (Å²) in [6.07, 6.45) is 2.06. The number of hydrogen-bond donors (Lipinski definition) is 1. The van der Waals surface area contributed by atoms with Crippen LogP contribution in [0.1, 0.15) is 33.6 Å². The molecule has 5 heteroatoms. The Morgan fingerprint density at radius 2 is 1.81 bits per heavy atom. The number of para-hydroxylation sites is 1. The van der Waals surface area contributed by atoms with Crippen molar-refractivity contribution in [3.63, 3.8) is 0 Å². The summed E-state index contributed by atoms with van der Waals surface area (Å²) in [6, 6.07) is 7.22. The van der Waals surface area contributed by atoms with Gasteiger partial charge in [-0.1, -0.05) is 32.9 Å². The van der Waals surface area contributed by atoms with E-state index in [9.17, 15) is 8.42 Å². The lowest BCUT2D eigenvalue weighted by atomic mass is 9.94. The maximum Gasteiger partial charge on any atom is 0.245 e. The van der Waals surface area contributed by atoms with Gasteiger partial charge in [0, 0.05) is 19.6 Å². The van der Waals surface area contributed by atoms with Crippen LogP contribution in [0.4, 0.5) is 5.69 Å². The first-order chi connectivity index (χ1) is 9.95. The zero-order valence-electron chi connectivity index (χ0n) is 13.2. The molecule has 4 nitrogen and oxygen atoms in total. The third kappa shape index (κ3) is 3.77. The summed E-state index contributed by atoms with van der Waals surface area (Å²) >= 11 is 0. The number of piperidine rings is 1. The lowest BCUT2D eigenvalue weighted by Crippen LogP contribution is -2.42. The Hall–Kier alpha value is -1.07. The van der Waals surface area contributed by atoms with E-state index in [4.69, 9.17) is 0 Å². The average molecular weight is 310 g/mol. The molecule has 1 N–H and O–H groups in total. The molecule has 1 fully saturated rings. The normalized spacial score (nSPS) is 24.0. The summed E-state index contributed by atoms with van der Waals surface area (Å²) in [7, 11) is -3.42. The van der Waals surface area contributed by atoms with Crippen LogP contribution >= 0.6 is 0 Å². The van der Waals surface area contributed by atoms with Crippen LogP contribution in [0.2, 0.25) is 0 Å². The lowest BCUT2D eigenvalue weighted by Gasteiger charge is -2.34. The number of nitrogens with zero attached hydrogens (tertiary/aromatic N) is 1. The second kappa shape index (κ2) is 6.79. The van der Waals surface area contributed by atoms with Gasteiger partial charge in [-0.15, -0.1) is 0 Å². The van der Waals surface area contributed by atoms with Crippen molar-refractivity contribution in [1.82, 2.24) is 4.31 Å². The molecule has 1 aromatic carbocycles. The SMILES string of the molecule is CCCNc1ccccc1S(=O)(=O)N1CC(C)CC(C)C1. The van der Waals surface area contributed by atoms with Crippen LogP contribution < -0.4 is 5.32 Å². The average Bonchev–Trinajstić information content (AvgIpc) is 2.44. The standard InChI is InChI=1S/C16H26N2O2S/c1-4-9-17-15-7-5-6-8-16(15)21(19,20)18-11-13(2)10-14(3)12-18/h5-8,13-14,17H,4,9-12H2,1-3H3. The van der Waals surface area contributed by atoms with Gasteiger partial charge in [-0.05, 0) is 36.8 Å². The van der Waals surface area contributed by atoms with E-state index < -0.39 is 10.0 Å². The molecular formula is C16H26N2O2S. The van der Waals surface area contributed by atoms with Crippen LogP contribution in [0.3, 0.4) is 0 Å². The molecule has 2 unspecified atom stereocenters. The zero-order chi connectivity index (χ0) is 15.5. The largest absolute Gasteiger partial charge is 0.384 e. The van der Waals surface area contributed by atoms with Crippen LogP contribution in [-0.4, -0.2) is 32.4 Å². The van der Waals surface area contributed by atoms with Crippen LogP contribution in [-0.2, 0) is 10.0 Å². The van der Waals surface area contributed by atoms with Crippen LogP contribution in [0.25, 0.3) is 0 Å². The molecule has 1 heterocycles. The topological polar surface area (TPSA) is 49.4 Å². The van der Waals surface area contributed by atoms with Crippen molar-refractivity contribution in [3.05, 3.63) is 24.3 Å². The highest BCUT2D eigenvalue weighted by molar-refractivity contribution is 7.89. The number of sulfonamides is 1. The van der Waals surface area contributed by atoms with Crippen molar-refractivity contribution in [1.29, 1.82) is 0 Å². The van der Waals surface area contributed by atoms with E-state index in [1.165, 1.54) is 0 Å². The number of benzene rings is 1. The Kier molecular flexibility index (Phi) is 5.27. The Morgan fingerprint density at radius 3 is 2.43 bits per heavy atom. The fourth-order valence-electron chi connectivity index (χ4n) is 3.04.